The van der Waals surface area contributed by atoms with Crippen molar-refractivity contribution in [1.29, 1.82) is 0 Å². The highest BCUT2D eigenvalue weighted by atomic mass is 14.9. The molecule has 1 aromatic rings. The molecule has 2 heteroatoms. The molecule has 1 heterocycles. The van der Waals surface area contributed by atoms with Gasteiger partial charge in [-0.25, -0.2) is 0 Å². The molecule has 1 saturated carbocycles. The van der Waals surface area contributed by atoms with Crippen molar-refractivity contribution in [2.24, 2.45) is 11.8 Å². The number of nitrogens with zero attached hydrogens (tertiary/aromatic N) is 1. The van der Waals surface area contributed by atoms with Crippen LogP contribution in [0.3, 0.4) is 0 Å². The normalized spacial score (nSPS) is 24.6. The van der Waals surface area contributed by atoms with Crippen LogP contribution in [0.4, 0.5) is 0 Å². The van der Waals surface area contributed by atoms with Crippen LogP contribution in [-0.2, 0) is 0 Å². The third-order valence-electron chi connectivity index (χ3n) is 4.61. The standard InChI is InChI=1S/C18H30N2/c1-5-10-19-18(16-8-6-13(2)7-9-16)17-11-14(3)20-15(4)12-17/h11-13,16,18-19H,5-10H2,1-4H3. The highest BCUT2D eigenvalue weighted by molar-refractivity contribution is 5.24. The van der Waals surface area contributed by atoms with Gasteiger partial charge in [-0.1, -0.05) is 26.7 Å². The SMILES string of the molecule is CCCNC(c1cc(C)nc(C)c1)C1CCC(C)CC1. The van der Waals surface area contributed by atoms with Gasteiger partial charge in [0.2, 0.25) is 0 Å². The third kappa shape index (κ3) is 4.05. The van der Waals surface area contributed by atoms with E-state index in [2.05, 4.69) is 50.1 Å². The summed E-state index contributed by atoms with van der Waals surface area (Å²) in [6.07, 6.45) is 6.70. The Morgan fingerprint density at radius 1 is 1.15 bits per heavy atom. The summed E-state index contributed by atoms with van der Waals surface area (Å²) in [7, 11) is 0. The van der Waals surface area contributed by atoms with Crippen molar-refractivity contribution < 1.29 is 0 Å². The Morgan fingerprint density at radius 3 is 2.30 bits per heavy atom. The summed E-state index contributed by atoms with van der Waals surface area (Å²) >= 11 is 0. The average molecular weight is 274 g/mol. The van der Waals surface area contributed by atoms with E-state index in [1.54, 1.807) is 0 Å². The van der Waals surface area contributed by atoms with Crippen molar-refractivity contribution >= 4 is 0 Å². The van der Waals surface area contributed by atoms with Crippen LogP contribution < -0.4 is 5.32 Å². The summed E-state index contributed by atoms with van der Waals surface area (Å²) in [5.41, 5.74) is 3.74. The second kappa shape index (κ2) is 7.21. The minimum absolute atomic E-state index is 0.517. The van der Waals surface area contributed by atoms with Gasteiger partial charge in [0.05, 0.1) is 0 Å². The number of aromatic nitrogens is 1. The molecule has 0 aliphatic heterocycles. The van der Waals surface area contributed by atoms with E-state index in [1.165, 1.54) is 37.7 Å². The molecular weight excluding hydrogens is 244 g/mol. The van der Waals surface area contributed by atoms with Crippen LogP contribution in [-0.4, -0.2) is 11.5 Å². The minimum Gasteiger partial charge on any atom is -0.310 e. The maximum Gasteiger partial charge on any atom is 0.0379 e. The van der Waals surface area contributed by atoms with Crippen molar-refractivity contribution in [2.75, 3.05) is 6.54 Å². The molecule has 2 nitrogen and oxygen atoms in total. The Bertz CT molecular complexity index is 399. The summed E-state index contributed by atoms with van der Waals surface area (Å²) in [4.78, 5) is 4.53. The summed E-state index contributed by atoms with van der Waals surface area (Å²) < 4.78 is 0. The first-order valence-corrected chi connectivity index (χ1v) is 8.28. The Labute approximate surface area is 124 Å². The lowest BCUT2D eigenvalue weighted by atomic mass is 9.77. The number of aryl methyl sites for hydroxylation is 2. The van der Waals surface area contributed by atoms with Crippen LogP contribution in [0.15, 0.2) is 12.1 Å². The van der Waals surface area contributed by atoms with E-state index in [4.69, 9.17) is 0 Å². The molecule has 1 N–H and O–H groups in total. The predicted molar refractivity (Wildman–Crippen MR) is 85.9 cm³/mol. The molecule has 20 heavy (non-hydrogen) atoms. The van der Waals surface area contributed by atoms with Crippen LogP contribution in [0.2, 0.25) is 0 Å². The van der Waals surface area contributed by atoms with Crippen molar-refractivity contribution in [1.82, 2.24) is 10.3 Å². The van der Waals surface area contributed by atoms with Gasteiger partial charge < -0.3 is 5.32 Å². The molecule has 1 atom stereocenters. The highest BCUT2D eigenvalue weighted by Gasteiger charge is 2.27. The molecule has 0 aromatic carbocycles. The fraction of sp³-hybridized carbons (Fsp3) is 0.722. The lowest BCUT2D eigenvalue weighted by Gasteiger charge is -2.34. The van der Waals surface area contributed by atoms with E-state index in [9.17, 15) is 0 Å². The van der Waals surface area contributed by atoms with Gasteiger partial charge in [0.25, 0.3) is 0 Å². The Balaban J connectivity index is 2.17. The summed E-state index contributed by atoms with van der Waals surface area (Å²) in [5.74, 6) is 1.71. The molecule has 0 radical (unpaired) electrons. The monoisotopic (exact) mass is 274 g/mol. The Hall–Kier alpha value is -0.890. The molecule has 112 valence electrons. The summed E-state index contributed by atoms with van der Waals surface area (Å²) in [5, 5.41) is 3.80. The van der Waals surface area contributed by atoms with Gasteiger partial charge in [0, 0.05) is 17.4 Å². The van der Waals surface area contributed by atoms with Crippen LogP contribution in [0.5, 0.6) is 0 Å². The van der Waals surface area contributed by atoms with Gasteiger partial charge in [-0.05, 0) is 69.2 Å². The Kier molecular flexibility index (Phi) is 5.59. The van der Waals surface area contributed by atoms with E-state index in [1.807, 2.05) is 0 Å². The van der Waals surface area contributed by atoms with Gasteiger partial charge >= 0.3 is 0 Å². The zero-order valence-electron chi connectivity index (χ0n) is 13.6. The number of nitrogens with one attached hydrogen (secondary N) is 1. The van der Waals surface area contributed by atoms with Crippen LogP contribution in [0.25, 0.3) is 0 Å². The van der Waals surface area contributed by atoms with Gasteiger partial charge in [-0.15, -0.1) is 0 Å². The smallest absolute Gasteiger partial charge is 0.0379 e. The predicted octanol–water partition coefficient (Wildman–Crippen LogP) is 4.57. The lowest BCUT2D eigenvalue weighted by molar-refractivity contribution is 0.231. The molecule has 1 unspecified atom stereocenters. The van der Waals surface area contributed by atoms with E-state index < -0.39 is 0 Å². The first kappa shape index (κ1) is 15.5. The van der Waals surface area contributed by atoms with Crippen molar-refractivity contribution in [3.8, 4) is 0 Å². The van der Waals surface area contributed by atoms with E-state index in [0.717, 1.165) is 29.8 Å². The van der Waals surface area contributed by atoms with Gasteiger partial charge in [0.15, 0.2) is 0 Å². The van der Waals surface area contributed by atoms with Gasteiger partial charge in [-0.2, -0.15) is 0 Å². The molecule has 0 bridgehead atoms. The van der Waals surface area contributed by atoms with Crippen molar-refractivity contribution in [3.05, 3.63) is 29.1 Å². The molecule has 0 saturated heterocycles. The summed E-state index contributed by atoms with van der Waals surface area (Å²) in [6, 6.07) is 5.07. The molecule has 1 aromatic heterocycles. The van der Waals surface area contributed by atoms with Crippen LogP contribution in [0, 0.1) is 25.7 Å². The molecule has 0 spiro atoms. The van der Waals surface area contributed by atoms with Gasteiger partial charge in [-0.3, -0.25) is 4.98 Å². The van der Waals surface area contributed by atoms with Crippen molar-refractivity contribution in [2.45, 2.75) is 65.8 Å². The largest absolute Gasteiger partial charge is 0.310 e. The zero-order chi connectivity index (χ0) is 14.5. The minimum atomic E-state index is 0.517. The van der Waals surface area contributed by atoms with Gasteiger partial charge in [0.1, 0.15) is 0 Å². The molecule has 0 amide bonds. The molecular formula is C18H30N2. The lowest BCUT2D eigenvalue weighted by Crippen LogP contribution is -2.31. The molecule has 1 fully saturated rings. The topological polar surface area (TPSA) is 24.9 Å². The molecule has 1 aliphatic carbocycles. The first-order valence-electron chi connectivity index (χ1n) is 8.28. The molecule has 1 aliphatic rings. The number of hydrogen-bond acceptors (Lipinski definition) is 2. The van der Waals surface area contributed by atoms with Crippen molar-refractivity contribution in [3.63, 3.8) is 0 Å². The Morgan fingerprint density at radius 2 is 1.75 bits per heavy atom. The fourth-order valence-corrected chi connectivity index (χ4v) is 3.52. The zero-order valence-corrected chi connectivity index (χ0v) is 13.6. The average Bonchev–Trinajstić information content (AvgIpc) is 2.40. The van der Waals surface area contributed by atoms with E-state index in [-0.39, 0.29) is 0 Å². The quantitative estimate of drug-likeness (QED) is 0.851. The van der Waals surface area contributed by atoms with E-state index >= 15 is 0 Å². The van der Waals surface area contributed by atoms with Crippen LogP contribution in [0.1, 0.15) is 68.9 Å². The molecule has 2 rings (SSSR count). The van der Waals surface area contributed by atoms with E-state index in [0.29, 0.717) is 6.04 Å². The maximum atomic E-state index is 4.53. The second-order valence-corrected chi connectivity index (χ2v) is 6.63. The third-order valence-corrected chi connectivity index (χ3v) is 4.61. The number of rotatable bonds is 5. The maximum absolute atomic E-state index is 4.53. The second-order valence-electron chi connectivity index (χ2n) is 6.63. The number of hydrogen-bond donors (Lipinski definition) is 1. The highest BCUT2D eigenvalue weighted by Crippen LogP contribution is 2.37. The van der Waals surface area contributed by atoms with Crippen LogP contribution >= 0.6 is 0 Å². The number of pyridine rings is 1. The summed E-state index contributed by atoms with van der Waals surface area (Å²) in [6.45, 7) is 9.96. The fourth-order valence-electron chi connectivity index (χ4n) is 3.52. The first-order chi connectivity index (χ1) is 9.60.